The highest BCUT2D eigenvalue weighted by atomic mass is 35.5. The molecule has 1 heterocycles. The van der Waals surface area contributed by atoms with Crippen LogP contribution in [0, 0.1) is 0 Å². The maximum Gasteiger partial charge on any atom is 0.371 e. The highest BCUT2D eigenvalue weighted by Crippen LogP contribution is 2.25. The Kier molecular flexibility index (Phi) is 3.58. The minimum Gasteiger partial charge on any atom is -0.496 e. The molecule has 0 aliphatic carbocycles. The fourth-order valence-corrected chi connectivity index (χ4v) is 1.86. The van der Waals surface area contributed by atoms with Crippen molar-refractivity contribution in [3.8, 4) is 5.75 Å². The number of aromatic carboxylic acids is 1. The van der Waals surface area contributed by atoms with Crippen molar-refractivity contribution in [3.63, 3.8) is 0 Å². The summed E-state index contributed by atoms with van der Waals surface area (Å²) in [7, 11) is 1.57. The van der Waals surface area contributed by atoms with Crippen LogP contribution in [0.15, 0.2) is 34.7 Å². The first kappa shape index (κ1) is 12.5. The van der Waals surface area contributed by atoms with Crippen molar-refractivity contribution in [1.29, 1.82) is 0 Å². The van der Waals surface area contributed by atoms with Gasteiger partial charge in [-0.2, -0.15) is 0 Å². The molecule has 0 aliphatic heterocycles. The summed E-state index contributed by atoms with van der Waals surface area (Å²) in [6, 6.07) is 8.31. The first-order chi connectivity index (χ1) is 8.60. The Labute approximate surface area is 109 Å². The number of methoxy groups -OCH3 is 1. The van der Waals surface area contributed by atoms with Crippen molar-refractivity contribution in [1.82, 2.24) is 0 Å². The summed E-state index contributed by atoms with van der Waals surface area (Å²) >= 11 is 5.92. The minimum absolute atomic E-state index is 0.0778. The summed E-state index contributed by atoms with van der Waals surface area (Å²) in [5, 5.41) is 9.36. The summed E-state index contributed by atoms with van der Waals surface area (Å²) in [5.74, 6) is 0.0749. The smallest absolute Gasteiger partial charge is 0.371 e. The van der Waals surface area contributed by atoms with Gasteiger partial charge in [-0.3, -0.25) is 0 Å². The van der Waals surface area contributed by atoms with Gasteiger partial charge in [-0.25, -0.2) is 4.79 Å². The molecule has 1 aromatic heterocycles. The molecule has 94 valence electrons. The molecule has 0 fully saturated rings. The largest absolute Gasteiger partial charge is 0.496 e. The quantitative estimate of drug-likeness (QED) is 0.923. The average Bonchev–Trinajstić information content (AvgIpc) is 2.78. The van der Waals surface area contributed by atoms with Crippen molar-refractivity contribution in [3.05, 3.63) is 52.4 Å². The highest BCUT2D eigenvalue weighted by Gasteiger charge is 2.11. The number of carboxylic acid groups (broad SMARTS) is 1. The molecule has 0 aliphatic rings. The third kappa shape index (κ3) is 2.65. The van der Waals surface area contributed by atoms with Crippen molar-refractivity contribution in [2.24, 2.45) is 0 Å². The first-order valence-corrected chi connectivity index (χ1v) is 5.62. The Bertz CT molecular complexity index is 574. The number of carboxylic acids is 1. The second-order valence-electron chi connectivity index (χ2n) is 3.70. The van der Waals surface area contributed by atoms with Crippen LogP contribution in [0.5, 0.6) is 5.75 Å². The van der Waals surface area contributed by atoms with E-state index in [0.717, 1.165) is 5.56 Å². The molecule has 1 N–H and O–H groups in total. The normalized spacial score (nSPS) is 10.3. The molecule has 0 radical (unpaired) electrons. The van der Waals surface area contributed by atoms with Gasteiger partial charge in [-0.15, -0.1) is 0 Å². The first-order valence-electron chi connectivity index (χ1n) is 5.24. The Morgan fingerprint density at radius 3 is 2.78 bits per heavy atom. The predicted octanol–water partition coefficient (Wildman–Crippen LogP) is 3.23. The third-order valence-electron chi connectivity index (χ3n) is 2.48. The molecule has 1 aromatic carbocycles. The molecule has 0 bridgehead atoms. The summed E-state index contributed by atoms with van der Waals surface area (Å²) < 4.78 is 10.4. The summed E-state index contributed by atoms with van der Waals surface area (Å²) in [5.41, 5.74) is 0.844. The van der Waals surface area contributed by atoms with Gasteiger partial charge in [0.1, 0.15) is 11.5 Å². The van der Waals surface area contributed by atoms with E-state index in [1.54, 1.807) is 31.4 Å². The SMILES string of the molecule is COc1ccc(Cl)cc1Cc1ccc(C(=O)O)o1. The third-order valence-corrected chi connectivity index (χ3v) is 2.71. The van der Waals surface area contributed by atoms with Gasteiger partial charge in [-0.05, 0) is 30.3 Å². The number of carbonyl (C=O) groups is 1. The topological polar surface area (TPSA) is 59.7 Å². The average molecular weight is 267 g/mol. The van der Waals surface area contributed by atoms with E-state index in [1.165, 1.54) is 6.07 Å². The zero-order valence-corrected chi connectivity index (χ0v) is 10.4. The van der Waals surface area contributed by atoms with E-state index in [9.17, 15) is 4.79 Å². The number of rotatable bonds is 4. The molecule has 18 heavy (non-hydrogen) atoms. The predicted molar refractivity (Wildman–Crippen MR) is 66.5 cm³/mol. The lowest BCUT2D eigenvalue weighted by Gasteiger charge is -2.07. The fraction of sp³-hybridized carbons (Fsp3) is 0.154. The van der Waals surface area contributed by atoms with Gasteiger partial charge in [-0.1, -0.05) is 11.6 Å². The molecule has 5 heteroatoms. The van der Waals surface area contributed by atoms with Gasteiger partial charge >= 0.3 is 5.97 Å². The van der Waals surface area contributed by atoms with Crippen molar-refractivity contribution in [2.75, 3.05) is 7.11 Å². The van der Waals surface area contributed by atoms with Crippen LogP contribution >= 0.6 is 11.6 Å². The van der Waals surface area contributed by atoms with E-state index in [2.05, 4.69) is 0 Å². The standard InChI is InChI=1S/C13H11ClO4/c1-17-11-4-2-9(14)6-8(11)7-10-3-5-12(18-10)13(15)16/h2-6H,7H2,1H3,(H,15,16). The molecule has 4 nitrogen and oxygen atoms in total. The van der Waals surface area contributed by atoms with Gasteiger partial charge in [0.2, 0.25) is 5.76 Å². The maximum atomic E-state index is 10.7. The summed E-state index contributed by atoms with van der Waals surface area (Å²) in [6.07, 6.45) is 0.428. The highest BCUT2D eigenvalue weighted by molar-refractivity contribution is 6.30. The fourth-order valence-electron chi connectivity index (χ4n) is 1.66. The molecular formula is C13H11ClO4. The van der Waals surface area contributed by atoms with Crippen LogP contribution in [0.3, 0.4) is 0 Å². The van der Waals surface area contributed by atoms with Gasteiger partial charge in [0.25, 0.3) is 0 Å². The zero-order chi connectivity index (χ0) is 13.1. The Hall–Kier alpha value is -1.94. The van der Waals surface area contributed by atoms with Crippen LogP contribution < -0.4 is 4.74 Å². The maximum absolute atomic E-state index is 10.7. The number of hydrogen-bond acceptors (Lipinski definition) is 3. The van der Waals surface area contributed by atoms with Crippen LogP contribution in [0.2, 0.25) is 5.02 Å². The molecule has 0 atom stereocenters. The Balaban J connectivity index is 2.27. The summed E-state index contributed by atoms with van der Waals surface area (Å²) in [4.78, 5) is 10.7. The summed E-state index contributed by atoms with van der Waals surface area (Å²) in [6.45, 7) is 0. The molecule has 0 saturated heterocycles. The Morgan fingerprint density at radius 2 is 2.17 bits per heavy atom. The lowest BCUT2D eigenvalue weighted by molar-refractivity contribution is 0.0660. The zero-order valence-electron chi connectivity index (χ0n) is 9.64. The molecular weight excluding hydrogens is 256 g/mol. The molecule has 0 amide bonds. The van der Waals surface area contributed by atoms with E-state index in [4.69, 9.17) is 25.9 Å². The number of furan rings is 1. The second kappa shape index (κ2) is 5.14. The van der Waals surface area contributed by atoms with Gasteiger partial charge < -0.3 is 14.3 Å². The molecule has 0 spiro atoms. The van der Waals surface area contributed by atoms with Crippen LogP contribution in [-0.2, 0) is 6.42 Å². The van der Waals surface area contributed by atoms with E-state index in [0.29, 0.717) is 23.0 Å². The molecule has 0 saturated carbocycles. The van der Waals surface area contributed by atoms with Crippen molar-refractivity contribution >= 4 is 17.6 Å². The molecule has 2 aromatic rings. The van der Waals surface area contributed by atoms with Crippen LogP contribution in [-0.4, -0.2) is 18.2 Å². The number of hydrogen-bond donors (Lipinski definition) is 1. The van der Waals surface area contributed by atoms with Crippen LogP contribution in [0.25, 0.3) is 0 Å². The van der Waals surface area contributed by atoms with Crippen LogP contribution in [0.1, 0.15) is 21.9 Å². The number of benzene rings is 1. The van der Waals surface area contributed by atoms with Crippen LogP contribution in [0.4, 0.5) is 0 Å². The van der Waals surface area contributed by atoms with Crippen molar-refractivity contribution in [2.45, 2.75) is 6.42 Å². The molecule has 2 rings (SSSR count). The monoisotopic (exact) mass is 266 g/mol. The Morgan fingerprint density at radius 1 is 1.39 bits per heavy atom. The van der Waals surface area contributed by atoms with Gasteiger partial charge in [0.15, 0.2) is 0 Å². The van der Waals surface area contributed by atoms with E-state index < -0.39 is 5.97 Å². The van der Waals surface area contributed by atoms with E-state index >= 15 is 0 Å². The lowest BCUT2D eigenvalue weighted by atomic mass is 10.1. The van der Waals surface area contributed by atoms with Gasteiger partial charge in [0.05, 0.1) is 7.11 Å². The number of halogens is 1. The lowest BCUT2D eigenvalue weighted by Crippen LogP contribution is -1.94. The second-order valence-corrected chi connectivity index (χ2v) is 4.14. The van der Waals surface area contributed by atoms with Gasteiger partial charge in [0, 0.05) is 17.0 Å². The van der Waals surface area contributed by atoms with E-state index in [-0.39, 0.29) is 5.76 Å². The van der Waals surface area contributed by atoms with Crippen molar-refractivity contribution < 1.29 is 19.1 Å². The number of ether oxygens (including phenoxy) is 1. The minimum atomic E-state index is -1.08. The molecule has 0 unspecified atom stereocenters. The van der Waals surface area contributed by atoms with E-state index in [1.807, 2.05) is 0 Å².